The van der Waals surface area contributed by atoms with Gasteiger partial charge in [0.1, 0.15) is 5.92 Å². The number of amides is 2. The van der Waals surface area contributed by atoms with Crippen LogP contribution in [0, 0.1) is 5.92 Å². The second-order valence-electron chi connectivity index (χ2n) is 4.69. The summed E-state index contributed by atoms with van der Waals surface area (Å²) < 4.78 is 7.00. The lowest BCUT2D eigenvalue weighted by Crippen LogP contribution is -2.48. The number of carbonyl (C=O) groups excluding carboxylic acids is 1. The summed E-state index contributed by atoms with van der Waals surface area (Å²) in [5.74, 6) is -1.61. The molecular formula is C12H18N4O4. The van der Waals surface area contributed by atoms with E-state index in [1.165, 1.54) is 4.90 Å². The molecule has 2 amide bonds. The van der Waals surface area contributed by atoms with Crippen LogP contribution in [0.1, 0.15) is 0 Å². The van der Waals surface area contributed by atoms with Crippen LogP contribution in [0.25, 0.3) is 0 Å². The van der Waals surface area contributed by atoms with Crippen LogP contribution in [0.3, 0.4) is 0 Å². The number of carbonyl (C=O) groups is 2. The number of hydrogen-bond acceptors (Lipinski definition) is 4. The summed E-state index contributed by atoms with van der Waals surface area (Å²) in [6, 6.07) is -0.729. The molecule has 20 heavy (non-hydrogen) atoms. The van der Waals surface area contributed by atoms with Crippen molar-refractivity contribution in [3.63, 3.8) is 0 Å². The Morgan fingerprint density at radius 2 is 2.35 bits per heavy atom. The number of aromatic nitrogens is 2. The molecule has 0 aliphatic carbocycles. The first-order valence-electron chi connectivity index (χ1n) is 6.36. The fourth-order valence-corrected chi connectivity index (χ4v) is 2.15. The molecule has 1 aliphatic heterocycles. The molecule has 0 spiro atoms. The van der Waals surface area contributed by atoms with E-state index in [0.717, 1.165) is 0 Å². The topological polar surface area (TPSA) is 96.7 Å². The average molecular weight is 282 g/mol. The highest BCUT2D eigenvalue weighted by Crippen LogP contribution is 2.18. The van der Waals surface area contributed by atoms with Crippen molar-refractivity contribution in [1.29, 1.82) is 0 Å². The van der Waals surface area contributed by atoms with Crippen LogP contribution >= 0.6 is 0 Å². The largest absolute Gasteiger partial charge is 0.481 e. The molecule has 8 nitrogen and oxygen atoms in total. The van der Waals surface area contributed by atoms with Crippen LogP contribution in [0.5, 0.6) is 0 Å². The maximum Gasteiger partial charge on any atom is 0.317 e. The van der Waals surface area contributed by atoms with Gasteiger partial charge in [-0.25, -0.2) is 9.78 Å². The Hall–Kier alpha value is -2.09. The van der Waals surface area contributed by atoms with Gasteiger partial charge in [-0.3, -0.25) is 4.79 Å². The third-order valence-electron chi connectivity index (χ3n) is 3.39. The van der Waals surface area contributed by atoms with Crippen LogP contribution in [-0.2, 0) is 16.1 Å². The molecule has 1 fully saturated rings. The number of aliphatic carboxylic acids is 1. The molecule has 2 atom stereocenters. The SMILES string of the molecule is CN(C(=O)NCCn1ccnc1)C1COCC1C(=O)O. The lowest BCUT2D eigenvalue weighted by atomic mass is 10.0. The zero-order valence-corrected chi connectivity index (χ0v) is 11.2. The lowest BCUT2D eigenvalue weighted by Gasteiger charge is -2.26. The van der Waals surface area contributed by atoms with Crippen LogP contribution in [0.4, 0.5) is 4.79 Å². The van der Waals surface area contributed by atoms with Gasteiger partial charge in [-0.2, -0.15) is 0 Å². The van der Waals surface area contributed by atoms with E-state index in [-0.39, 0.29) is 19.2 Å². The van der Waals surface area contributed by atoms with Gasteiger partial charge in [-0.05, 0) is 0 Å². The predicted molar refractivity (Wildman–Crippen MR) is 69.1 cm³/mol. The highest BCUT2D eigenvalue weighted by atomic mass is 16.5. The Morgan fingerprint density at radius 3 is 3.00 bits per heavy atom. The number of ether oxygens (including phenoxy) is 1. The molecule has 110 valence electrons. The summed E-state index contributed by atoms with van der Waals surface area (Å²) in [5, 5.41) is 11.8. The summed E-state index contributed by atoms with van der Waals surface area (Å²) in [6.07, 6.45) is 5.14. The third-order valence-corrected chi connectivity index (χ3v) is 3.39. The van der Waals surface area contributed by atoms with Crippen molar-refractivity contribution in [1.82, 2.24) is 19.8 Å². The first kappa shape index (κ1) is 14.3. The Kier molecular flexibility index (Phi) is 4.57. The molecule has 1 saturated heterocycles. The van der Waals surface area contributed by atoms with Gasteiger partial charge >= 0.3 is 12.0 Å². The fraction of sp³-hybridized carbons (Fsp3) is 0.583. The van der Waals surface area contributed by atoms with E-state index >= 15 is 0 Å². The summed E-state index contributed by atoms with van der Waals surface area (Å²) in [7, 11) is 1.59. The van der Waals surface area contributed by atoms with E-state index in [1.807, 2.05) is 4.57 Å². The quantitative estimate of drug-likeness (QED) is 0.767. The van der Waals surface area contributed by atoms with Gasteiger partial charge in [0.15, 0.2) is 0 Å². The number of carboxylic acid groups (broad SMARTS) is 1. The second kappa shape index (κ2) is 6.38. The Bertz CT molecular complexity index is 462. The average Bonchev–Trinajstić information content (AvgIpc) is 3.08. The Balaban J connectivity index is 1.80. The fourth-order valence-electron chi connectivity index (χ4n) is 2.15. The Labute approximate surface area is 116 Å². The number of urea groups is 1. The molecule has 0 radical (unpaired) electrons. The third kappa shape index (κ3) is 3.27. The zero-order valence-electron chi connectivity index (χ0n) is 11.2. The van der Waals surface area contributed by atoms with E-state index < -0.39 is 17.9 Å². The molecule has 2 heterocycles. The molecular weight excluding hydrogens is 264 g/mol. The van der Waals surface area contributed by atoms with Crippen LogP contribution in [0.2, 0.25) is 0 Å². The minimum atomic E-state index is -0.939. The Morgan fingerprint density at radius 1 is 1.55 bits per heavy atom. The van der Waals surface area contributed by atoms with E-state index in [9.17, 15) is 9.59 Å². The van der Waals surface area contributed by atoms with Gasteiger partial charge < -0.3 is 24.6 Å². The number of hydrogen-bond donors (Lipinski definition) is 2. The van der Waals surface area contributed by atoms with E-state index in [0.29, 0.717) is 13.1 Å². The van der Waals surface area contributed by atoms with Crippen molar-refractivity contribution in [3.8, 4) is 0 Å². The number of carboxylic acids is 1. The smallest absolute Gasteiger partial charge is 0.317 e. The van der Waals surface area contributed by atoms with Gasteiger partial charge in [-0.15, -0.1) is 0 Å². The summed E-state index contributed by atoms with van der Waals surface area (Å²) in [5.41, 5.74) is 0. The number of imidazole rings is 1. The lowest BCUT2D eigenvalue weighted by molar-refractivity contribution is -0.142. The van der Waals surface area contributed by atoms with Gasteiger partial charge in [0.25, 0.3) is 0 Å². The number of likely N-dealkylation sites (N-methyl/N-ethyl adjacent to an activating group) is 1. The van der Waals surface area contributed by atoms with Crippen LogP contribution in [-0.4, -0.2) is 64.4 Å². The van der Waals surface area contributed by atoms with Crippen molar-refractivity contribution < 1.29 is 19.4 Å². The highest BCUT2D eigenvalue weighted by molar-refractivity contribution is 5.77. The molecule has 1 aromatic heterocycles. The van der Waals surface area contributed by atoms with Gasteiger partial charge in [-0.1, -0.05) is 0 Å². The van der Waals surface area contributed by atoms with Crippen molar-refractivity contribution in [2.75, 3.05) is 26.8 Å². The van der Waals surface area contributed by atoms with Crippen molar-refractivity contribution in [2.45, 2.75) is 12.6 Å². The first-order valence-corrected chi connectivity index (χ1v) is 6.36. The van der Waals surface area contributed by atoms with Crippen molar-refractivity contribution in [3.05, 3.63) is 18.7 Å². The monoisotopic (exact) mass is 282 g/mol. The standard InChI is InChI=1S/C12H18N4O4/c1-15(10-7-20-6-9(10)11(17)18)12(19)14-3-5-16-4-2-13-8-16/h2,4,8-10H,3,5-7H2,1H3,(H,14,19)(H,17,18). The normalized spacial score (nSPS) is 21.6. The summed E-state index contributed by atoms with van der Waals surface area (Å²) in [6.45, 7) is 1.46. The minimum Gasteiger partial charge on any atom is -0.481 e. The predicted octanol–water partition coefficient (Wildman–Crippen LogP) is -0.376. The van der Waals surface area contributed by atoms with E-state index in [2.05, 4.69) is 10.3 Å². The minimum absolute atomic E-state index is 0.145. The molecule has 1 aliphatic rings. The zero-order chi connectivity index (χ0) is 14.5. The summed E-state index contributed by atoms with van der Waals surface area (Å²) in [4.78, 5) is 28.3. The molecule has 1 aromatic rings. The van der Waals surface area contributed by atoms with E-state index in [4.69, 9.17) is 9.84 Å². The van der Waals surface area contributed by atoms with Crippen molar-refractivity contribution >= 4 is 12.0 Å². The van der Waals surface area contributed by atoms with Gasteiger partial charge in [0, 0.05) is 32.5 Å². The molecule has 8 heteroatoms. The van der Waals surface area contributed by atoms with Gasteiger partial charge in [0.2, 0.25) is 0 Å². The van der Waals surface area contributed by atoms with Crippen LogP contribution in [0.15, 0.2) is 18.7 Å². The first-order chi connectivity index (χ1) is 9.59. The summed E-state index contributed by atoms with van der Waals surface area (Å²) >= 11 is 0. The second-order valence-corrected chi connectivity index (χ2v) is 4.69. The van der Waals surface area contributed by atoms with E-state index in [1.54, 1.807) is 25.8 Å². The molecule has 0 saturated carbocycles. The molecule has 2 rings (SSSR count). The van der Waals surface area contributed by atoms with Crippen LogP contribution < -0.4 is 5.32 Å². The molecule has 2 unspecified atom stereocenters. The maximum absolute atomic E-state index is 12.0. The molecule has 0 bridgehead atoms. The van der Waals surface area contributed by atoms with Crippen molar-refractivity contribution in [2.24, 2.45) is 5.92 Å². The number of nitrogens with one attached hydrogen (secondary N) is 1. The number of nitrogens with zero attached hydrogens (tertiary/aromatic N) is 3. The molecule has 0 aromatic carbocycles. The number of rotatable bonds is 5. The van der Waals surface area contributed by atoms with Gasteiger partial charge in [0.05, 0.1) is 25.6 Å². The molecule has 2 N–H and O–H groups in total. The highest BCUT2D eigenvalue weighted by Gasteiger charge is 2.38. The maximum atomic E-state index is 12.0.